The molecule has 0 bridgehead atoms. The molecule has 1 aromatic carbocycles. The second-order valence-electron chi connectivity index (χ2n) is 3.46. The van der Waals surface area contributed by atoms with Crippen molar-refractivity contribution in [3.05, 3.63) is 34.9 Å². The van der Waals surface area contributed by atoms with Gasteiger partial charge in [0.1, 0.15) is 0 Å². The van der Waals surface area contributed by atoms with Crippen LogP contribution in [0.3, 0.4) is 0 Å². The molecule has 16 heavy (non-hydrogen) atoms. The largest absolute Gasteiger partial charge is 0.417 e. The number of nitrogens with two attached hydrogens (primary N) is 1. The highest BCUT2D eigenvalue weighted by atomic mass is 19.4. The van der Waals surface area contributed by atoms with Crippen LogP contribution < -0.4 is 5.73 Å². The van der Waals surface area contributed by atoms with E-state index >= 15 is 0 Å². The van der Waals surface area contributed by atoms with Gasteiger partial charge in [0.2, 0.25) is 0 Å². The van der Waals surface area contributed by atoms with E-state index in [-0.39, 0.29) is 18.5 Å². The second kappa shape index (κ2) is 4.65. The molecule has 1 aromatic rings. The number of rotatable bonds is 3. The molecule has 2 nitrogen and oxygen atoms in total. The third-order valence-electron chi connectivity index (χ3n) is 2.23. The molecule has 0 amide bonds. The maximum Gasteiger partial charge on any atom is 0.417 e. The smallest absolute Gasteiger partial charge is 0.330 e. The lowest BCUT2D eigenvalue weighted by Gasteiger charge is -2.13. The fraction of sp³-hybridized carbons (Fsp3) is 0.364. The van der Waals surface area contributed by atoms with Gasteiger partial charge >= 0.3 is 6.18 Å². The third-order valence-corrected chi connectivity index (χ3v) is 2.23. The zero-order valence-corrected chi connectivity index (χ0v) is 8.77. The predicted molar refractivity (Wildman–Crippen MR) is 54.2 cm³/mol. The molecular formula is C11H12F3NO. The van der Waals surface area contributed by atoms with Gasteiger partial charge in [-0.05, 0) is 25.1 Å². The summed E-state index contributed by atoms with van der Waals surface area (Å²) >= 11 is 0. The summed E-state index contributed by atoms with van der Waals surface area (Å²) < 4.78 is 37.9. The summed E-state index contributed by atoms with van der Waals surface area (Å²) in [5.41, 5.74) is 4.35. The van der Waals surface area contributed by atoms with Crippen LogP contribution in [0.15, 0.2) is 18.2 Å². The number of carbonyl (C=O) groups excluding carboxylic acids is 1. The molecule has 0 saturated carbocycles. The van der Waals surface area contributed by atoms with Crippen LogP contribution in [-0.2, 0) is 6.18 Å². The lowest BCUT2D eigenvalue weighted by atomic mass is 9.96. The standard InChI is InChI=1S/C11H12F3NO/c1-7-3-2-4-8(11(12,13)14)10(7)9(16)5-6-15/h2-4H,5-6,15H2,1H3. The van der Waals surface area contributed by atoms with Crippen LogP contribution in [0.4, 0.5) is 13.2 Å². The molecule has 5 heteroatoms. The van der Waals surface area contributed by atoms with Gasteiger partial charge in [0.15, 0.2) is 5.78 Å². The van der Waals surface area contributed by atoms with Crippen molar-refractivity contribution in [3.63, 3.8) is 0 Å². The highest BCUT2D eigenvalue weighted by Gasteiger charge is 2.35. The summed E-state index contributed by atoms with van der Waals surface area (Å²) in [7, 11) is 0. The molecular weight excluding hydrogens is 219 g/mol. The molecule has 0 radical (unpaired) electrons. The number of halogens is 3. The molecule has 0 atom stereocenters. The van der Waals surface area contributed by atoms with Gasteiger partial charge in [0.05, 0.1) is 5.56 Å². The number of ketones is 1. The van der Waals surface area contributed by atoms with Gasteiger partial charge in [-0.15, -0.1) is 0 Å². The van der Waals surface area contributed by atoms with E-state index in [0.717, 1.165) is 6.07 Å². The lowest BCUT2D eigenvalue weighted by molar-refractivity contribution is -0.138. The molecule has 0 heterocycles. The Balaban J connectivity index is 3.30. The number of carbonyl (C=O) groups is 1. The van der Waals surface area contributed by atoms with Gasteiger partial charge in [-0.2, -0.15) is 13.2 Å². The van der Waals surface area contributed by atoms with Crippen LogP contribution in [0.2, 0.25) is 0 Å². The number of aryl methyl sites for hydroxylation is 1. The van der Waals surface area contributed by atoms with E-state index in [0.29, 0.717) is 5.56 Å². The van der Waals surface area contributed by atoms with Crippen LogP contribution in [0.1, 0.15) is 27.9 Å². The van der Waals surface area contributed by atoms with E-state index < -0.39 is 17.5 Å². The second-order valence-corrected chi connectivity index (χ2v) is 3.46. The molecule has 0 spiro atoms. The first-order chi connectivity index (χ1) is 7.38. The molecule has 0 aliphatic heterocycles. The number of benzene rings is 1. The highest BCUT2D eigenvalue weighted by Crippen LogP contribution is 2.33. The van der Waals surface area contributed by atoms with Crippen LogP contribution in [0, 0.1) is 6.92 Å². The minimum absolute atomic E-state index is 0.0461. The van der Waals surface area contributed by atoms with Crippen LogP contribution in [0.25, 0.3) is 0 Å². The van der Waals surface area contributed by atoms with Crippen LogP contribution in [0.5, 0.6) is 0 Å². The van der Waals surface area contributed by atoms with Gasteiger partial charge in [-0.1, -0.05) is 12.1 Å². The Hall–Kier alpha value is -1.36. The predicted octanol–water partition coefficient (Wildman–Crippen LogP) is 2.55. The van der Waals surface area contributed by atoms with Crippen molar-refractivity contribution in [3.8, 4) is 0 Å². The third kappa shape index (κ3) is 2.61. The van der Waals surface area contributed by atoms with E-state index in [1.807, 2.05) is 0 Å². The quantitative estimate of drug-likeness (QED) is 0.812. The highest BCUT2D eigenvalue weighted by molar-refractivity contribution is 5.99. The normalized spacial score (nSPS) is 11.6. The average Bonchev–Trinajstić information content (AvgIpc) is 2.16. The Labute approximate surface area is 91.3 Å². The van der Waals surface area contributed by atoms with Crippen molar-refractivity contribution in [2.24, 2.45) is 5.73 Å². The van der Waals surface area contributed by atoms with Crippen LogP contribution >= 0.6 is 0 Å². The molecule has 0 aliphatic carbocycles. The van der Waals surface area contributed by atoms with Gasteiger partial charge in [0, 0.05) is 12.0 Å². The Bertz CT molecular complexity index is 399. The lowest BCUT2D eigenvalue weighted by Crippen LogP contribution is -2.17. The first-order valence-corrected chi connectivity index (χ1v) is 4.78. The minimum Gasteiger partial charge on any atom is -0.330 e. The molecule has 0 aliphatic rings. The van der Waals surface area contributed by atoms with Gasteiger partial charge in [0.25, 0.3) is 0 Å². The molecule has 1 rings (SSSR count). The first kappa shape index (κ1) is 12.7. The Morgan fingerprint density at radius 3 is 2.50 bits per heavy atom. The maximum atomic E-state index is 12.6. The van der Waals surface area contributed by atoms with E-state index in [4.69, 9.17) is 5.73 Å². The summed E-state index contributed by atoms with van der Waals surface area (Å²) in [5, 5.41) is 0. The number of alkyl halides is 3. The van der Waals surface area contributed by atoms with E-state index in [1.54, 1.807) is 0 Å². The molecule has 2 N–H and O–H groups in total. The van der Waals surface area contributed by atoms with Crippen LogP contribution in [-0.4, -0.2) is 12.3 Å². The number of Topliss-reactive ketones (excluding diaryl/α,β-unsaturated/α-hetero) is 1. The average molecular weight is 231 g/mol. The van der Waals surface area contributed by atoms with Gasteiger partial charge in [-0.3, -0.25) is 4.79 Å². The molecule has 0 saturated heterocycles. The number of hydrogen-bond acceptors (Lipinski definition) is 2. The number of hydrogen-bond donors (Lipinski definition) is 1. The maximum absolute atomic E-state index is 12.6. The zero-order valence-electron chi connectivity index (χ0n) is 8.77. The Morgan fingerprint density at radius 2 is 2.00 bits per heavy atom. The SMILES string of the molecule is Cc1cccc(C(F)(F)F)c1C(=O)CCN. The van der Waals surface area contributed by atoms with E-state index in [2.05, 4.69) is 0 Å². The molecule has 0 unspecified atom stereocenters. The summed E-state index contributed by atoms with van der Waals surface area (Å²) in [6, 6.07) is 3.69. The Kier molecular flexibility index (Phi) is 3.70. The summed E-state index contributed by atoms with van der Waals surface area (Å²) in [5.74, 6) is -0.562. The van der Waals surface area contributed by atoms with Gasteiger partial charge < -0.3 is 5.73 Å². The molecule has 0 aromatic heterocycles. The Morgan fingerprint density at radius 1 is 1.38 bits per heavy atom. The van der Waals surface area contributed by atoms with Gasteiger partial charge in [-0.25, -0.2) is 0 Å². The van der Waals surface area contributed by atoms with E-state index in [9.17, 15) is 18.0 Å². The fourth-order valence-corrected chi connectivity index (χ4v) is 1.53. The molecule has 88 valence electrons. The molecule has 0 fully saturated rings. The minimum atomic E-state index is -4.51. The summed E-state index contributed by atoms with van der Waals surface area (Å²) in [6.07, 6.45) is -4.58. The monoisotopic (exact) mass is 231 g/mol. The summed E-state index contributed by atoms with van der Waals surface area (Å²) in [4.78, 5) is 11.6. The van der Waals surface area contributed by atoms with Crippen molar-refractivity contribution in [2.45, 2.75) is 19.5 Å². The van der Waals surface area contributed by atoms with Crippen molar-refractivity contribution < 1.29 is 18.0 Å². The first-order valence-electron chi connectivity index (χ1n) is 4.78. The van der Waals surface area contributed by atoms with Crippen molar-refractivity contribution >= 4 is 5.78 Å². The van der Waals surface area contributed by atoms with Crippen molar-refractivity contribution in [2.75, 3.05) is 6.54 Å². The van der Waals surface area contributed by atoms with Crippen molar-refractivity contribution in [1.82, 2.24) is 0 Å². The fourth-order valence-electron chi connectivity index (χ4n) is 1.53. The van der Waals surface area contributed by atoms with Crippen molar-refractivity contribution in [1.29, 1.82) is 0 Å². The van der Waals surface area contributed by atoms with E-state index in [1.165, 1.54) is 19.1 Å². The zero-order chi connectivity index (χ0) is 12.3. The topological polar surface area (TPSA) is 43.1 Å². The summed E-state index contributed by atoms with van der Waals surface area (Å²) in [6.45, 7) is 1.53.